The van der Waals surface area contributed by atoms with Gasteiger partial charge >= 0.3 is 0 Å². The Kier molecular flexibility index (Phi) is 4.10. The summed E-state index contributed by atoms with van der Waals surface area (Å²) in [7, 11) is 1.62. The van der Waals surface area contributed by atoms with Gasteiger partial charge in [-0.2, -0.15) is 0 Å². The molecule has 0 atom stereocenters. The van der Waals surface area contributed by atoms with Gasteiger partial charge in [0.1, 0.15) is 5.82 Å². The average Bonchev–Trinajstić information content (AvgIpc) is 2.88. The van der Waals surface area contributed by atoms with Gasteiger partial charge in [-0.25, -0.2) is 9.97 Å². The molecule has 0 bridgehead atoms. The zero-order valence-electron chi connectivity index (χ0n) is 9.81. The summed E-state index contributed by atoms with van der Waals surface area (Å²) in [6.45, 7) is 1.60. The van der Waals surface area contributed by atoms with E-state index >= 15 is 0 Å². The Morgan fingerprint density at radius 3 is 3.12 bits per heavy atom. The van der Waals surface area contributed by atoms with Crippen molar-refractivity contribution in [3.63, 3.8) is 0 Å². The van der Waals surface area contributed by atoms with Crippen LogP contribution in [-0.2, 0) is 13.0 Å². The van der Waals surface area contributed by atoms with Gasteiger partial charge in [-0.05, 0) is 6.07 Å². The van der Waals surface area contributed by atoms with Gasteiger partial charge in [-0.15, -0.1) is 0 Å². The summed E-state index contributed by atoms with van der Waals surface area (Å²) >= 11 is 0. The van der Waals surface area contributed by atoms with Crippen molar-refractivity contribution in [2.24, 2.45) is 0 Å². The van der Waals surface area contributed by atoms with Crippen molar-refractivity contribution in [2.75, 3.05) is 13.7 Å². The number of rotatable bonds is 6. The summed E-state index contributed by atoms with van der Waals surface area (Å²) in [6, 6.07) is 5.75. The Balaban J connectivity index is 1.74. The van der Waals surface area contributed by atoms with E-state index in [9.17, 15) is 0 Å². The molecule has 17 heavy (non-hydrogen) atoms. The highest BCUT2D eigenvalue weighted by molar-refractivity contribution is 5.15. The third kappa shape index (κ3) is 3.57. The van der Waals surface area contributed by atoms with Crippen molar-refractivity contribution in [3.05, 3.63) is 42.1 Å². The van der Waals surface area contributed by atoms with Crippen LogP contribution in [0.25, 0.3) is 0 Å². The fraction of sp³-hybridized carbons (Fsp3) is 0.333. The molecule has 5 heteroatoms. The Morgan fingerprint density at radius 1 is 1.41 bits per heavy atom. The van der Waals surface area contributed by atoms with Crippen LogP contribution in [0.2, 0.25) is 0 Å². The molecule has 0 radical (unpaired) electrons. The van der Waals surface area contributed by atoms with Gasteiger partial charge in [0.2, 0.25) is 5.88 Å². The molecular weight excluding hydrogens is 216 g/mol. The van der Waals surface area contributed by atoms with Gasteiger partial charge in [0.05, 0.1) is 12.8 Å². The second-order valence-electron chi connectivity index (χ2n) is 3.63. The molecule has 5 nitrogen and oxygen atoms in total. The van der Waals surface area contributed by atoms with E-state index in [1.807, 2.05) is 24.4 Å². The molecule has 0 aliphatic heterocycles. The first kappa shape index (κ1) is 11.6. The van der Waals surface area contributed by atoms with Crippen LogP contribution in [0.3, 0.4) is 0 Å². The maximum Gasteiger partial charge on any atom is 0.213 e. The van der Waals surface area contributed by atoms with Crippen LogP contribution in [0.4, 0.5) is 0 Å². The highest BCUT2D eigenvalue weighted by atomic mass is 16.5. The van der Waals surface area contributed by atoms with Crippen LogP contribution >= 0.6 is 0 Å². The summed E-state index contributed by atoms with van der Waals surface area (Å²) in [5.74, 6) is 1.64. The first-order valence-electron chi connectivity index (χ1n) is 5.57. The van der Waals surface area contributed by atoms with Crippen molar-refractivity contribution in [2.45, 2.75) is 13.0 Å². The summed E-state index contributed by atoms with van der Waals surface area (Å²) in [5.41, 5.74) is 0.976. The standard InChI is InChI=1S/C12H16N4O/c1-17-12-4-2-3-10(16-12)9-13-6-5-11-14-7-8-15-11/h2-4,7-8,13H,5-6,9H2,1H3,(H,14,15). The van der Waals surface area contributed by atoms with E-state index in [0.717, 1.165) is 31.0 Å². The highest BCUT2D eigenvalue weighted by Crippen LogP contribution is 2.05. The lowest BCUT2D eigenvalue weighted by molar-refractivity contribution is 0.395. The lowest BCUT2D eigenvalue weighted by atomic mass is 10.3. The van der Waals surface area contributed by atoms with E-state index in [1.54, 1.807) is 13.3 Å². The SMILES string of the molecule is COc1cccc(CNCCc2ncc[nH]2)n1. The maximum atomic E-state index is 5.07. The minimum Gasteiger partial charge on any atom is -0.481 e. The van der Waals surface area contributed by atoms with Crippen LogP contribution in [-0.4, -0.2) is 28.6 Å². The number of nitrogens with one attached hydrogen (secondary N) is 2. The van der Waals surface area contributed by atoms with E-state index in [4.69, 9.17) is 4.74 Å². The molecule has 0 saturated carbocycles. The van der Waals surface area contributed by atoms with Crippen molar-refractivity contribution >= 4 is 0 Å². The molecule has 0 aromatic carbocycles. The molecule has 90 valence electrons. The Morgan fingerprint density at radius 2 is 2.35 bits per heavy atom. The third-order valence-electron chi connectivity index (χ3n) is 2.39. The van der Waals surface area contributed by atoms with Crippen LogP contribution in [0, 0.1) is 0 Å². The normalized spacial score (nSPS) is 10.4. The van der Waals surface area contributed by atoms with Crippen molar-refractivity contribution in [1.29, 1.82) is 0 Å². The quantitative estimate of drug-likeness (QED) is 0.733. The largest absolute Gasteiger partial charge is 0.481 e. The van der Waals surface area contributed by atoms with Crippen LogP contribution in [0.1, 0.15) is 11.5 Å². The van der Waals surface area contributed by atoms with Gasteiger partial charge in [0.25, 0.3) is 0 Å². The molecule has 0 spiro atoms. The summed E-state index contributed by atoms with van der Waals surface area (Å²) in [4.78, 5) is 11.5. The minimum absolute atomic E-state index is 0.648. The number of pyridine rings is 1. The molecule has 2 aromatic heterocycles. The molecule has 0 aliphatic carbocycles. The lowest BCUT2D eigenvalue weighted by Gasteiger charge is -2.04. The van der Waals surface area contributed by atoms with E-state index in [0.29, 0.717) is 5.88 Å². The van der Waals surface area contributed by atoms with E-state index in [1.165, 1.54) is 0 Å². The van der Waals surface area contributed by atoms with Crippen molar-refractivity contribution < 1.29 is 4.74 Å². The molecule has 2 aromatic rings. The molecule has 0 amide bonds. The monoisotopic (exact) mass is 232 g/mol. The Labute approximate surface area is 100 Å². The highest BCUT2D eigenvalue weighted by Gasteiger charge is 1.98. The Bertz CT molecular complexity index is 442. The molecule has 0 saturated heterocycles. The number of ether oxygens (including phenoxy) is 1. The second kappa shape index (κ2) is 6.00. The van der Waals surface area contributed by atoms with Crippen molar-refractivity contribution in [1.82, 2.24) is 20.3 Å². The zero-order valence-corrected chi connectivity index (χ0v) is 9.81. The second-order valence-corrected chi connectivity index (χ2v) is 3.63. The van der Waals surface area contributed by atoms with Crippen LogP contribution in [0.15, 0.2) is 30.6 Å². The molecule has 2 rings (SSSR count). The number of aromatic nitrogens is 3. The van der Waals surface area contributed by atoms with Gasteiger partial charge < -0.3 is 15.0 Å². The maximum absolute atomic E-state index is 5.07. The third-order valence-corrected chi connectivity index (χ3v) is 2.39. The van der Waals surface area contributed by atoms with Crippen LogP contribution in [0.5, 0.6) is 5.88 Å². The predicted molar refractivity (Wildman–Crippen MR) is 64.8 cm³/mol. The number of imidazole rings is 1. The van der Waals surface area contributed by atoms with Gasteiger partial charge in [-0.3, -0.25) is 0 Å². The number of nitrogens with zero attached hydrogens (tertiary/aromatic N) is 2. The molecule has 2 N–H and O–H groups in total. The smallest absolute Gasteiger partial charge is 0.213 e. The van der Waals surface area contributed by atoms with Gasteiger partial charge in [-0.1, -0.05) is 6.07 Å². The first-order chi connectivity index (χ1) is 8.38. The molecule has 0 aliphatic rings. The zero-order chi connectivity index (χ0) is 11.9. The summed E-state index contributed by atoms with van der Waals surface area (Å²) < 4.78 is 5.07. The molecule has 0 unspecified atom stereocenters. The van der Waals surface area contributed by atoms with Crippen LogP contribution < -0.4 is 10.1 Å². The Hall–Kier alpha value is -1.88. The topological polar surface area (TPSA) is 62.8 Å². The van der Waals surface area contributed by atoms with E-state index in [2.05, 4.69) is 20.3 Å². The van der Waals surface area contributed by atoms with E-state index in [-0.39, 0.29) is 0 Å². The van der Waals surface area contributed by atoms with Crippen molar-refractivity contribution in [3.8, 4) is 5.88 Å². The summed E-state index contributed by atoms with van der Waals surface area (Å²) in [6.07, 6.45) is 4.48. The summed E-state index contributed by atoms with van der Waals surface area (Å²) in [5, 5.41) is 3.31. The van der Waals surface area contributed by atoms with Gasteiger partial charge in [0.15, 0.2) is 0 Å². The number of H-pyrrole nitrogens is 1. The molecular formula is C12H16N4O. The average molecular weight is 232 g/mol. The molecule has 2 heterocycles. The first-order valence-corrected chi connectivity index (χ1v) is 5.57. The molecule has 0 fully saturated rings. The lowest BCUT2D eigenvalue weighted by Crippen LogP contribution is -2.18. The van der Waals surface area contributed by atoms with E-state index < -0.39 is 0 Å². The number of methoxy groups -OCH3 is 1. The fourth-order valence-electron chi connectivity index (χ4n) is 1.53. The fourth-order valence-corrected chi connectivity index (χ4v) is 1.53. The predicted octanol–water partition coefficient (Wildman–Crippen LogP) is 1.15. The minimum atomic E-state index is 0.648. The number of hydrogen-bond acceptors (Lipinski definition) is 4. The number of hydrogen-bond donors (Lipinski definition) is 2. The van der Waals surface area contributed by atoms with Gasteiger partial charge in [0, 0.05) is 38.0 Å². The number of aromatic amines is 1.